The van der Waals surface area contributed by atoms with E-state index in [1.165, 1.54) is 12.8 Å². The van der Waals surface area contributed by atoms with Crippen molar-refractivity contribution < 1.29 is 0 Å². The Morgan fingerprint density at radius 3 is 3.00 bits per heavy atom. The van der Waals surface area contributed by atoms with Gasteiger partial charge in [0.2, 0.25) is 0 Å². The van der Waals surface area contributed by atoms with Gasteiger partial charge in [0, 0.05) is 24.5 Å². The van der Waals surface area contributed by atoms with Crippen molar-refractivity contribution in [3.05, 3.63) is 30.6 Å². The number of nitrogens with zero attached hydrogens (tertiary/aromatic N) is 3. The average molecular weight is 270 g/mol. The van der Waals surface area contributed by atoms with Gasteiger partial charge in [0.25, 0.3) is 0 Å². The molecule has 2 heterocycles. The molecule has 1 aliphatic rings. The van der Waals surface area contributed by atoms with Gasteiger partial charge < -0.3 is 10.2 Å². The fourth-order valence-corrected chi connectivity index (χ4v) is 3.09. The highest BCUT2D eigenvalue weighted by Crippen LogP contribution is 2.28. The number of para-hydroxylation sites is 1. The Hall–Kier alpha value is -1.68. The first-order chi connectivity index (χ1) is 9.79. The number of fused-ring (bicyclic) bond motifs is 1. The Balaban J connectivity index is 1.91. The summed E-state index contributed by atoms with van der Waals surface area (Å²) in [7, 11) is 2.05. The average Bonchev–Trinajstić information content (AvgIpc) is 2.53. The Morgan fingerprint density at radius 2 is 2.15 bits per heavy atom. The van der Waals surface area contributed by atoms with Crippen molar-refractivity contribution in [2.45, 2.75) is 25.8 Å². The Bertz CT molecular complexity index is 578. The number of anilines is 1. The standard InChI is InChI=1S/C16H22N4/c1-12(17-2)13-6-5-9-20(10-13)16-14-7-3-4-8-15(14)18-11-19-16/h3-4,7-8,11-13,17H,5-6,9-10H2,1-2H3. The second-order valence-corrected chi connectivity index (χ2v) is 5.64. The first-order valence-electron chi connectivity index (χ1n) is 7.41. The van der Waals surface area contributed by atoms with E-state index in [0.29, 0.717) is 12.0 Å². The number of benzene rings is 1. The molecule has 0 aliphatic carbocycles. The van der Waals surface area contributed by atoms with E-state index < -0.39 is 0 Å². The number of aromatic nitrogens is 2. The molecule has 2 unspecified atom stereocenters. The molecule has 2 aromatic rings. The molecule has 4 nitrogen and oxygen atoms in total. The molecular formula is C16H22N4. The fraction of sp³-hybridized carbons (Fsp3) is 0.500. The van der Waals surface area contributed by atoms with Crippen molar-refractivity contribution in [2.75, 3.05) is 25.0 Å². The van der Waals surface area contributed by atoms with Crippen molar-refractivity contribution in [1.29, 1.82) is 0 Å². The number of rotatable bonds is 3. The smallest absolute Gasteiger partial charge is 0.139 e. The van der Waals surface area contributed by atoms with Crippen LogP contribution in [0.15, 0.2) is 30.6 Å². The molecule has 0 amide bonds. The predicted molar refractivity (Wildman–Crippen MR) is 83.0 cm³/mol. The summed E-state index contributed by atoms with van der Waals surface area (Å²) in [4.78, 5) is 11.3. The van der Waals surface area contributed by atoms with Gasteiger partial charge in [-0.2, -0.15) is 0 Å². The van der Waals surface area contributed by atoms with E-state index in [1.807, 2.05) is 13.1 Å². The van der Waals surface area contributed by atoms with Crippen LogP contribution in [0.5, 0.6) is 0 Å². The highest BCUT2D eigenvalue weighted by molar-refractivity contribution is 5.89. The number of piperidine rings is 1. The van der Waals surface area contributed by atoms with Crippen LogP contribution in [0.3, 0.4) is 0 Å². The van der Waals surface area contributed by atoms with Crippen molar-refractivity contribution in [3.8, 4) is 0 Å². The van der Waals surface area contributed by atoms with Crippen LogP contribution in [0.1, 0.15) is 19.8 Å². The maximum Gasteiger partial charge on any atom is 0.139 e. The third kappa shape index (κ3) is 2.48. The molecule has 20 heavy (non-hydrogen) atoms. The predicted octanol–water partition coefficient (Wildman–Crippen LogP) is 2.45. The molecule has 1 aromatic heterocycles. The zero-order chi connectivity index (χ0) is 13.9. The van der Waals surface area contributed by atoms with Gasteiger partial charge in [0.15, 0.2) is 0 Å². The lowest BCUT2D eigenvalue weighted by Crippen LogP contribution is -2.43. The van der Waals surface area contributed by atoms with Gasteiger partial charge in [-0.05, 0) is 44.9 Å². The SMILES string of the molecule is CNC(C)C1CCCN(c2ncnc3ccccc23)C1. The maximum absolute atomic E-state index is 4.54. The fourth-order valence-electron chi connectivity index (χ4n) is 3.09. The van der Waals surface area contributed by atoms with Crippen LogP contribution in [0.4, 0.5) is 5.82 Å². The van der Waals surface area contributed by atoms with E-state index in [2.05, 4.69) is 45.3 Å². The van der Waals surface area contributed by atoms with E-state index in [9.17, 15) is 0 Å². The molecule has 0 radical (unpaired) electrons. The lowest BCUT2D eigenvalue weighted by Gasteiger charge is -2.36. The van der Waals surface area contributed by atoms with E-state index in [0.717, 1.165) is 29.8 Å². The topological polar surface area (TPSA) is 41.0 Å². The van der Waals surface area contributed by atoms with Gasteiger partial charge in [0.1, 0.15) is 12.1 Å². The molecule has 1 N–H and O–H groups in total. The van der Waals surface area contributed by atoms with Gasteiger partial charge in [-0.25, -0.2) is 9.97 Å². The first-order valence-corrected chi connectivity index (χ1v) is 7.41. The first kappa shape index (κ1) is 13.3. The number of hydrogen-bond acceptors (Lipinski definition) is 4. The summed E-state index contributed by atoms with van der Waals surface area (Å²) in [6, 6.07) is 8.81. The quantitative estimate of drug-likeness (QED) is 0.930. The normalized spacial score (nSPS) is 21.1. The molecule has 0 spiro atoms. The highest BCUT2D eigenvalue weighted by Gasteiger charge is 2.25. The zero-order valence-corrected chi connectivity index (χ0v) is 12.2. The van der Waals surface area contributed by atoms with Crippen LogP contribution < -0.4 is 10.2 Å². The lowest BCUT2D eigenvalue weighted by atomic mass is 9.91. The van der Waals surface area contributed by atoms with Crippen LogP contribution in [0, 0.1) is 5.92 Å². The zero-order valence-electron chi connectivity index (χ0n) is 12.2. The second-order valence-electron chi connectivity index (χ2n) is 5.64. The summed E-state index contributed by atoms with van der Waals surface area (Å²) >= 11 is 0. The van der Waals surface area contributed by atoms with Crippen molar-refractivity contribution >= 4 is 16.7 Å². The van der Waals surface area contributed by atoms with Crippen LogP contribution >= 0.6 is 0 Å². The van der Waals surface area contributed by atoms with Gasteiger partial charge >= 0.3 is 0 Å². The summed E-state index contributed by atoms with van der Waals surface area (Å²) in [5.41, 5.74) is 1.03. The summed E-state index contributed by atoms with van der Waals surface area (Å²) in [5, 5.41) is 4.54. The monoisotopic (exact) mass is 270 g/mol. The third-order valence-electron chi connectivity index (χ3n) is 4.44. The van der Waals surface area contributed by atoms with Gasteiger partial charge in [-0.15, -0.1) is 0 Å². The molecule has 2 atom stereocenters. The highest BCUT2D eigenvalue weighted by atomic mass is 15.2. The maximum atomic E-state index is 4.54. The van der Waals surface area contributed by atoms with Gasteiger partial charge in [-0.1, -0.05) is 12.1 Å². The molecule has 106 valence electrons. The van der Waals surface area contributed by atoms with Crippen molar-refractivity contribution in [1.82, 2.24) is 15.3 Å². The van der Waals surface area contributed by atoms with Crippen LogP contribution in [-0.2, 0) is 0 Å². The van der Waals surface area contributed by atoms with Gasteiger partial charge in [0.05, 0.1) is 5.52 Å². The summed E-state index contributed by atoms with van der Waals surface area (Å²) in [6.45, 7) is 4.43. The second kappa shape index (κ2) is 5.75. The molecule has 0 saturated carbocycles. The summed E-state index contributed by atoms with van der Waals surface area (Å²) in [6.07, 6.45) is 4.21. The van der Waals surface area contributed by atoms with E-state index in [-0.39, 0.29) is 0 Å². The van der Waals surface area contributed by atoms with Crippen molar-refractivity contribution in [2.24, 2.45) is 5.92 Å². The Kier molecular flexibility index (Phi) is 3.83. The number of hydrogen-bond donors (Lipinski definition) is 1. The van der Waals surface area contributed by atoms with E-state index in [1.54, 1.807) is 6.33 Å². The minimum Gasteiger partial charge on any atom is -0.356 e. The summed E-state index contributed by atoms with van der Waals surface area (Å²) in [5.74, 6) is 1.77. The van der Waals surface area contributed by atoms with Gasteiger partial charge in [-0.3, -0.25) is 0 Å². The van der Waals surface area contributed by atoms with E-state index in [4.69, 9.17) is 0 Å². The summed E-state index contributed by atoms with van der Waals surface area (Å²) < 4.78 is 0. The minimum absolute atomic E-state index is 0.547. The molecule has 1 fully saturated rings. The Labute approximate surface area is 120 Å². The third-order valence-corrected chi connectivity index (χ3v) is 4.44. The molecule has 3 rings (SSSR count). The molecule has 1 saturated heterocycles. The van der Waals surface area contributed by atoms with Crippen LogP contribution in [0.25, 0.3) is 10.9 Å². The molecule has 1 aromatic carbocycles. The molecule has 1 aliphatic heterocycles. The van der Waals surface area contributed by atoms with Crippen LogP contribution in [-0.4, -0.2) is 36.1 Å². The molecule has 0 bridgehead atoms. The minimum atomic E-state index is 0.547. The lowest BCUT2D eigenvalue weighted by molar-refractivity contribution is 0.332. The molecule has 4 heteroatoms. The number of nitrogens with one attached hydrogen (secondary N) is 1. The van der Waals surface area contributed by atoms with Crippen LogP contribution in [0.2, 0.25) is 0 Å². The Morgan fingerprint density at radius 1 is 1.30 bits per heavy atom. The largest absolute Gasteiger partial charge is 0.356 e. The molecular weight excluding hydrogens is 248 g/mol. The van der Waals surface area contributed by atoms with E-state index >= 15 is 0 Å². The van der Waals surface area contributed by atoms with Crippen molar-refractivity contribution in [3.63, 3.8) is 0 Å².